The van der Waals surface area contributed by atoms with Crippen LogP contribution in [0, 0.1) is 23.1 Å². The van der Waals surface area contributed by atoms with E-state index in [2.05, 4.69) is 16.0 Å². The van der Waals surface area contributed by atoms with E-state index >= 15 is 0 Å². The van der Waals surface area contributed by atoms with Crippen molar-refractivity contribution in [2.45, 2.75) is 31.1 Å². The van der Waals surface area contributed by atoms with Gasteiger partial charge in [0, 0.05) is 43.7 Å². The van der Waals surface area contributed by atoms with E-state index in [4.69, 9.17) is 0 Å². The zero-order valence-corrected chi connectivity index (χ0v) is 19.5. The standard InChI is InChI=1S/C28H27FN4O2/c29-22-6-7-25-23(16-22)26(24(17-31-25)27(35)33-12-8-20(18-34)9-13-33)32-14-10-28(19-30,11-15-32)21-4-2-1-3-5-21/h1-7,16-18,20H,8-15H2. The number of carbonyl (C=O) groups is 2. The lowest BCUT2D eigenvalue weighted by Crippen LogP contribution is -2.44. The quantitative estimate of drug-likeness (QED) is 0.525. The van der Waals surface area contributed by atoms with E-state index in [0.29, 0.717) is 74.0 Å². The first-order chi connectivity index (χ1) is 17.0. The number of hydrogen-bond donors (Lipinski definition) is 0. The Hall–Kier alpha value is -3.79. The monoisotopic (exact) mass is 470 g/mol. The molecule has 2 fully saturated rings. The molecule has 2 aliphatic rings. The van der Waals surface area contributed by atoms with Gasteiger partial charge >= 0.3 is 0 Å². The van der Waals surface area contributed by atoms with Crippen molar-refractivity contribution >= 4 is 28.8 Å². The van der Waals surface area contributed by atoms with Gasteiger partial charge in [0.25, 0.3) is 5.91 Å². The van der Waals surface area contributed by atoms with Crippen LogP contribution in [-0.2, 0) is 10.2 Å². The van der Waals surface area contributed by atoms with E-state index in [1.807, 2.05) is 30.3 Å². The van der Waals surface area contributed by atoms with Crippen molar-refractivity contribution in [2.75, 3.05) is 31.1 Å². The largest absolute Gasteiger partial charge is 0.370 e. The molecule has 0 saturated carbocycles. The molecule has 3 aromatic rings. The summed E-state index contributed by atoms with van der Waals surface area (Å²) in [5.41, 5.74) is 2.15. The topological polar surface area (TPSA) is 77.3 Å². The highest BCUT2D eigenvalue weighted by atomic mass is 19.1. The third kappa shape index (κ3) is 4.25. The molecule has 5 rings (SSSR count). The predicted molar refractivity (Wildman–Crippen MR) is 132 cm³/mol. The zero-order chi connectivity index (χ0) is 24.4. The highest BCUT2D eigenvalue weighted by molar-refractivity contribution is 6.07. The molecule has 7 heteroatoms. The molecule has 0 spiro atoms. The van der Waals surface area contributed by atoms with E-state index in [0.717, 1.165) is 11.8 Å². The number of likely N-dealkylation sites (tertiary alicyclic amines) is 1. The van der Waals surface area contributed by atoms with Crippen LogP contribution in [0.3, 0.4) is 0 Å². The van der Waals surface area contributed by atoms with Gasteiger partial charge in [0.2, 0.25) is 0 Å². The molecule has 2 aromatic carbocycles. The van der Waals surface area contributed by atoms with Crippen LogP contribution >= 0.6 is 0 Å². The molecule has 2 saturated heterocycles. The average Bonchev–Trinajstić information content (AvgIpc) is 2.92. The van der Waals surface area contributed by atoms with E-state index in [9.17, 15) is 19.2 Å². The van der Waals surface area contributed by atoms with Crippen LogP contribution in [0.5, 0.6) is 0 Å². The Kier molecular flexibility index (Phi) is 6.21. The van der Waals surface area contributed by atoms with Gasteiger partial charge in [-0.1, -0.05) is 30.3 Å². The minimum absolute atomic E-state index is 0.0125. The highest BCUT2D eigenvalue weighted by Crippen LogP contribution is 2.39. The summed E-state index contributed by atoms with van der Waals surface area (Å²) in [5, 5.41) is 10.7. The Morgan fingerprint density at radius 3 is 2.46 bits per heavy atom. The van der Waals surface area contributed by atoms with Crippen LogP contribution in [0.1, 0.15) is 41.6 Å². The summed E-state index contributed by atoms with van der Waals surface area (Å²) in [4.78, 5) is 33.1. The number of benzene rings is 2. The molecule has 1 amide bonds. The zero-order valence-electron chi connectivity index (χ0n) is 19.5. The number of anilines is 1. The van der Waals surface area contributed by atoms with Gasteiger partial charge in [0.1, 0.15) is 12.1 Å². The maximum Gasteiger partial charge on any atom is 0.257 e. The Labute approximate surface area is 204 Å². The van der Waals surface area contributed by atoms with Crippen molar-refractivity contribution < 1.29 is 14.0 Å². The number of piperidine rings is 2. The smallest absolute Gasteiger partial charge is 0.257 e. The van der Waals surface area contributed by atoms with Gasteiger partial charge in [-0.25, -0.2) is 4.39 Å². The summed E-state index contributed by atoms with van der Waals surface area (Å²) in [5.74, 6) is -0.547. The maximum absolute atomic E-state index is 14.3. The van der Waals surface area contributed by atoms with Crippen LogP contribution in [0.2, 0.25) is 0 Å². The lowest BCUT2D eigenvalue weighted by Gasteiger charge is -2.40. The Bertz CT molecular complexity index is 1290. The Balaban J connectivity index is 1.50. The van der Waals surface area contributed by atoms with Crippen molar-refractivity contribution in [3.8, 4) is 6.07 Å². The average molecular weight is 471 g/mol. The van der Waals surface area contributed by atoms with Crippen LogP contribution in [0.4, 0.5) is 10.1 Å². The Morgan fingerprint density at radius 1 is 1.09 bits per heavy atom. The van der Waals surface area contributed by atoms with Gasteiger partial charge in [-0.15, -0.1) is 0 Å². The van der Waals surface area contributed by atoms with Crippen molar-refractivity contribution in [3.63, 3.8) is 0 Å². The van der Waals surface area contributed by atoms with Crippen molar-refractivity contribution in [2.24, 2.45) is 5.92 Å². The molecule has 178 valence electrons. The number of pyridine rings is 1. The maximum atomic E-state index is 14.3. The fourth-order valence-electron chi connectivity index (χ4n) is 5.39. The van der Waals surface area contributed by atoms with E-state index in [1.165, 1.54) is 12.1 Å². The third-order valence-corrected chi connectivity index (χ3v) is 7.52. The summed E-state index contributed by atoms with van der Waals surface area (Å²) in [6.45, 7) is 2.14. The highest BCUT2D eigenvalue weighted by Gasteiger charge is 2.38. The number of carbonyl (C=O) groups excluding carboxylic acids is 2. The second kappa shape index (κ2) is 9.46. The van der Waals surface area contributed by atoms with Gasteiger partial charge < -0.3 is 14.6 Å². The molecule has 0 unspecified atom stereocenters. The van der Waals surface area contributed by atoms with E-state index in [1.54, 1.807) is 17.2 Å². The molecule has 1 aromatic heterocycles. The molecule has 3 heterocycles. The number of nitriles is 1. The molecule has 0 aliphatic carbocycles. The van der Waals surface area contributed by atoms with Gasteiger partial charge in [-0.3, -0.25) is 9.78 Å². The fourth-order valence-corrected chi connectivity index (χ4v) is 5.39. The number of aromatic nitrogens is 1. The SMILES string of the molecule is N#CC1(c2ccccc2)CCN(c2c(C(=O)N3CCC(C=O)CC3)cnc3ccc(F)cc23)CC1. The second-order valence-corrected chi connectivity index (χ2v) is 9.49. The first-order valence-corrected chi connectivity index (χ1v) is 12.1. The van der Waals surface area contributed by atoms with Crippen LogP contribution in [0.25, 0.3) is 10.9 Å². The van der Waals surface area contributed by atoms with Gasteiger partial charge in [0.15, 0.2) is 0 Å². The lowest BCUT2D eigenvalue weighted by atomic mass is 9.74. The normalized spacial score (nSPS) is 18.3. The molecule has 35 heavy (non-hydrogen) atoms. The summed E-state index contributed by atoms with van der Waals surface area (Å²) in [7, 11) is 0. The van der Waals surface area contributed by atoms with Gasteiger partial charge in [-0.05, 0) is 49.4 Å². The molecule has 0 bridgehead atoms. The van der Waals surface area contributed by atoms with E-state index in [-0.39, 0.29) is 17.6 Å². The van der Waals surface area contributed by atoms with Gasteiger partial charge in [-0.2, -0.15) is 5.26 Å². The number of halogens is 1. The molecular weight excluding hydrogens is 443 g/mol. The minimum Gasteiger partial charge on any atom is -0.370 e. The van der Waals surface area contributed by atoms with Crippen molar-refractivity contribution in [1.29, 1.82) is 5.26 Å². The third-order valence-electron chi connectivity index (χ3n) is 7.52. The number of aldehydes is 1. The van der Waals surface area contributed by atoms with E-state index < -0.39 is 5.41 Å². The van der Waals surface area contributed by atoms with Gasteiger partial charge in [0.05, 0.1) is 28.3 Å². The number of hydrogen-bond acceptors (Lipinski definition) is 5. The summed E-state index contributed by atoms with van der Waals surface area (Å²) in [6.07, 6.45) is 5.05. The number of fused-ring (bicyclic) bond motifs is 1. The molecular formula is C28H27FN4O2. The molecule has 6 nitrogen and oxygen atoms in total. The molecule has 2 aliphatic heterocycles. The summed E-state index contributed by atoms with van der Waals surface area (Å²) >= 11 is 0. The number of amides is 1. The van der Waals surface area contributed by atoms with Crippen LogP contribution in [-0.4, -0.2) is 48.3 Å². The van der Waals surface area contributed by atoms with Crippen molar-refractivity contribution in [1.82, 2.24) is 9.88 Å². The summed E-state index contributed by atoms with van der Waals surface area (Å²) < 4.78 is 14.3. The number of nitrogens with zero attached hydrogens (tertiary/aromatic N) is 4. The van der Waals surface area contributed by atoms with Crippen LogP contribution < -0.4 is 4.90 Å². The number of rotatable bonds is 4. The van der Waals surface area contributed by atoms with Crippen LogP contribution in [0.15, 0.2) is 54.7 Å². The Morgan fingerprint density at radius 2 is 1.80 bits per heavy atom. The molecule has 0 atom stereocenters. The van der Waals surface area contributed by atoms with Crippen molar-refractivity contribution in [3.05, 3.63) is 71.7 Å². The first kappa shape index (κ1) is 23.0. The fraction of sp³-hybridized carbons (Fsp3) is 0.357. The lowest BCUT2D eigenvalue weighted by molar-refractivity contribution is -0.112. The predicted octanol–water partition coefficient (Wildman–Crippen LogP) is 4.49. The summed E-state index contributed by atoms with van der Waals surface area (Å²) in [6, 6.07) is 16.8. The molecule has 0 N–H and O–H groups in total. The first-order valence-electron chi connectivity index (χ1n) is 12.1. The second-order valence-electron chi connectivity index (χ2n) is 9.49. The minimum atomic E-state index is -0.591. The molecule has 0 radical (unpaired) electrons.